The highest BCUT2D eigenvalue weighted by Crippen LogP contribution is 2.37. The lowest BCUT2D eigenvalue weighted by Gasteiger charge is -2.52. The van der Waals surface area contributed by atoms with Crippen LogP contribution in [0.5, 0.6) is 0 Å². The number of carbonyl (C=O) groups is 3. The Morgan fingerprint density at radius 2 is 1.65 bits per heavy atom. The fraction of sp³-hybridized carbons (Fsp3) is 0.464. The van der Waals surface area contributed by atoms with E-state index in [0.717, 1.165) is 0 Å². The Labute approximate surface area is 248 Å². The molecule has 0 spiro atoms. The molecule has 4 rings (SSSR count). The summed E-state index contributed by atoms with van der Waals surface area (Å²) in [6.45, 7) is -0.673. The van der Waals surface area contributed by atoms with Crippen LogP contribution in [-0.4, -0.2) is 64.4 Å². The van der Waals surface area contributed by atoms with Gasteiger partial charge in [0.05, 0.1) is 17.7 Å². The van der Waals surface area contributed by atoms with Gasteiger partial charge in [0.25, 0.3) is 0 Å². The van der Waals surface area contributed by atoms with Crippen molar-refractivity contribution in [2.24, 2.45) is 5.73 Å². The Bertz CT molecular complexity index is 1320. The lowest BCUT2D eigenvalue weighted by atomic mass is 9.98. The van der Waals surface area contributed by atoms with E-state index in [-0.39, 0.29) is 50.4 Å². The average Bonchev–Trinajstić information content (AvgIpc) is 2.94. The number of amides is 3. The van der Waals surface area contributed by atoms with Gasteiger partial charge in [0, 0.05) is 24.5 Å². The van der Waals surface area contributed by atoms with Crippen LogP contribution in [0, 0.1) is 0 Å². The summed E-state index contributed by atoms with van der Waals surface area (Å²) in [5.41, 5.74) is 2.65. The topological polar surface area (TPSA) is 96.2 Å². The van der Waals surface area contributed by atoms with E-state index in [1.807, 2.05) is 0 Å². The van der Waals surface area contributed by atoms with Gasteiger partial charge in [-0.3, -0.25) is 14.5 Å². The first kappa shape index (κ1) is 32.4. The van der Waals surface area contributed by atoms with Crippen molar-refractivity contribution in [2.45, 2.75) is 63.4 Å². The van der Waals surface area contributed by atoms with Gasteiger partial charge in [-0.05, 0) is 61.2 Å². The number of ether oxygens (including phenoxy) is 1. The maximum atomic E-state index is 13.6. The number of alkyl halides is 6. The number of hydrogen-bond acceptors (Lipinski definition) is 5. The van der Waals surface area contributed by atoms with E-state index < -0.39 is 54.0 Å². The highest BCUT2D eigenvalue weighted by atomic mass is 35.5. The molecular weight excluding hydrogens is 606 g/mol. The van der Waals surface area contributed by atoms with Crippen LogP contribution in [0.1, 0.15) is 47.9 Å². The summed E-state index contributed by atoms with van der Waals surface area (Å²) in [6.07, 6.45) is -10.9. The first-order valence-corrected chi connectivity index (χ1v) is 13.8. The van der Waals surface area contributed by atoms with Crippen LogP contribution in [0.2, 0.25) is 5.02 Å². The second kappa shape index (κ2) is 13.0. The van der Waals surface area contributed by atoms with Crippen LogP contribution >= 0.6 is 11.6 Å². The fourth-order valence-corrected chi connectivity index (χ4v) is 5.45. The molecule has 2 heterocycles. The molecule has 2 aliphatic heterocycles. The van der Waals surface area contributed by atoms with Crippen LogP contribution in [0.3, 0.4) is 0 Å². The normalized spacial score (nSPS) is 19.5. The molecule has 3 amide bonds. The Balaban J connectivity index is 1.59. The molecule has 8 nitrogen and oxygen atoms in total. The Morgan fingerprint density at radius 1 is 1.00 bits per heavy atom. The average molecular weight is 635 g/mol. The summed E-state index contributed by atoms with van der Waals surface area (Å²) in [5, 5.41) is 0.410. The first-order valence-electron chi connectivity index (χ1n) is 13.5. The standard InChI is InChI=1S/C28H29ClF6N4O4/c29-21-6-2-1-5-18(21)14-37-15-23-38(10-8-24(40)39(23)22(25(37)41)7-3-4-9-36)26(42)43-16-17-11-19(27(30,31)32)13-20(12-17)28(33,34)35/h1-2,5-6,11-13,22-23H,3-4,7-10,14-16,36H2/t22-,23?/m0/s1. The van der Waals surface area contributed by atoms with E-state index in [2.05, 4.69) is 0 Å². The summed E-state index contributed by atoms with van der Waals surface area (Å²) in [5.74, 6) is -0.717. The number of unbranched alkanes of at least 4 members (excludes halogenated alkanes) is 1. The van der Waals surface area contributed by atoms with Crippen molar-refractivity contribution in [3.05, 3.63) is 69.7 Å². The zero-order chi connectivity index (χ0) is 31.5. The van der Waals surface area contributed by atoms with Crippen molar-refractivity contribution in [3.8, 4) is 0 Å². The van der Waals surface area contributed by atoms with E-state index in [0.29, 0.717) is 42.1 Å². The van der Waals surface area contributed by atoms with Gasteiger partial charge in [0.2, 0.25) is 11.8 Å². The minimum absolute atomic E-state index is 0.0170. The van der Waals surface area contributed by atoms with Gasteiger partial charge in [0.15, 0.2) is 0 Å². The number of nitrogens with two attached hydrogens (primary N) is 1. The molecule has 0 radical (unpaired) electrons. The third-order valence-corrected chi connectivity index (χ3v) is 7.72. The summed E-state index contributed by atoms with van der Waals surface area (Å²) >= 11 is 6.31. The largest absolute Gasteiger partial charge is 0.444 e. The molecule has 15 heteroatoms. The molecule has 2 saturated heterocycles. The lowest BCUT2D eigenvalue weighted by molar-refractivity contribution is -0.169. The van der Waals surface area contributed by atoms with E-state index in [1.54, 1.807) is 24.3 Å². The number of nitrogens with zero attached hydrogens (tertiary/aromatic N) is 3. The summed E-state index contributed by atoms with van der Waals surface area (Å²) in [6, 6.07) is 6.87. The molecule has 2 atom stereocenters. The van der Waals surface area contributed by atoms with Crippen molar-refractivity contribution in [3.63, 3.8) is 0 Å². The fourth-order valence-electron chi connectivity index (χ4n) is 5.26. The smallest absolute Gasteiger partial charge is 0.416 e. The van der Waals surface area contributed by atoms with Gasteiger partial charge >= 0.3 is 18.4 Å². The van der Waals surface area contributed by atoms with Gasteiger partial charge in [-0.1, -0.05) is 29.8 Å². The monoisotopic (exact) mass is 634 g/mol. The van der Waals surface area contributed by atoms with Crippen LogP contribution in [0.4, 0.5) is 31.1 Å². The third-order valence-electron chi connectivity index (χ3n) is 7.35. The number of fused-ring (bicyclic) bond motifs is 1. The van der Waals surface area contributed by atoms with Gasteiger partial charge < -0.3 is 20.3 Å². The molecule has 2 aromatic carbocycles. The van der Waals surface area contributed by atoms with Crippen molar-refractivity contribution in [1.82, 2.24) is 14.7 Å². The molecular formula is C28H29ClF6N4O4. The second-order valence-electron chi connectivity index (χ2n) is 10.3. The summed E-state index contributed by atoms with van der Waals surface area (Å²) in [4.78, 5) is 43.9. The molecule has 2 N–H and O–H groups in total. The van der Waals surface area contributed by atoms with Crippen molar-refractivity contribution >= 4 is 29.5 Å². The number of carbonyl (C=O) groups excluding carboxylic acids is 3. The molecule has 0 aliphatic carbocycles. The number of piperazine rings is 1. The highest BCUT2D eigenvalue weighted by Gasteiger charge is 2.49. The SMILES string of the molecule is NCCCC[C@H]1C(=O)N(Cc2ccccc2Cl)CC2N(C(=O)OCc3cc(C(F)(F)F)cc(C(F)(F)F)c3)CCC(=O)N21. The Morgan fingerprint density at radius 3 is 2.26 bits per heavy atom. The summed E-state index contributed by atoms with van der Waals surface area (Å²) < 4.78 is 84.9. The van der Waals surface area contributed by atoms with E-state index in [9.17, 15) is 40.7 Å². The number of halogens is 7. The Kier molecular flexibility index (Phi) is 9.79. The third kappa shape index (κ3) is 7.53. The maximum absolute atomic E-state index is 13.6. The van der Waals surface area contributed by atoms with Crippen molar-refractivity contribution < 1.29 is 45.5 Å². The van der Waals surface area contributed by atoms with Crippen LogP contribution in [-0.2, 0) is 39.8 Å². The van der Waals surface area contributed by atoms with Gasteiger partial charge in [-0.2, -0.15) is 26.3 Å². The van der Waals surface area contributed by atoms with Gasteiger partial charge in [0.1, 0.15) is 18.8 Å². The van der Waals surface area contributed by atoms with E-state index in [1.165, 1.54) is 14.7 Å². The van der Waals surface area contributed by atoms with Gasteiger partial charge in [-0.25, -0.2) is 4.79 Å². The molecule has 0 bridgehead atoms. The quantitative estimate of drug-likeness (QED) is 0.309. The minimum atomic E-state index is -5.06. The minimum Gasteiger partial charge on any atom is -0.444 e. The molecule has 1 unspecified atom stereocenters. The zero-order valence-corrected chi connectivity index (χ0v) is 23.5. The second-order valence-corrected chi connectivity index (χ2v) is 10.7. The number of hydrogen-bond donors (Lipinski definition) is 1. The molecule has 2 fully saturated rings. The van der Waals surface area contributed by atoms with Crippen molar-refractivity contribution in [1.29, 1.82) is 0 Å². The number of rotatable bonds is 8. The van der Waals surface area contributed by atoms with Gasteiger partial charge in [-0.15, -0.1) is 0 Å². The van der Waals surface area contributed by atoms with Crippen LogP contribution in [0.15, 0.2) is 42.5 Å². The van der Waals surface area contributed by atoms with Crippen LogP contribution in [0.25, 0.3) is 0 Å². The molecule has 0 saturated carbocycles. The van der Waals surface area contributed by atoms with E-state index in [4.69, 9.17) is 22.1 Å². The highest BCUT2D eigenvalue weighted by molar-refractivity contribution is 6.31. The van der Waals surface area contributed by atoms with Crippen molar-refractivity contribution in [2.75, 3.05) is 19.6 Å². The zero-order valence-electron chi connectivity index (χ0n) is 22.8. The number of benzene rings is 2. The summed E-state index contributed by atoms with van der Waals surface area (Å²) in [7, 11) is 0. The van der Waals surface area contributed by atoms with E-state index >= 15 is 0 Å². The molecule has 2 aliphatic rings. The predicted octanol–water partition coefficient (Wildman–Crippen LogP) is 5.41. The molecule has 234 valence electrons. The maximum Gasteiger partial charge on any atom is 0.416 e. The first-order chi connectivity index (χ1) is 20.2. The lowest BCUT2D eigenvalue weighted by Crippen LogP contribution is -2.71. The molecule has 2 aromatic rings. The molecule has 43 heavy (non-hydrogen) atoms. The predicted molar refractivity (Wildman–Crippen MR) is 142 cm³/mol. The molecule has 0 aromatic heterocycles. The van der Waals surface area contributed by atoms with Crippen LogP contribution < -0.4 is 5.73 Å². The Hall–Kier alpha value is -3.52.